The highest BCUT2D eigenvalue weighted by Gasteiger charge is 2.22. The molecule has 1 atom stereocenters. The van der Waals surface area contributed by atoms with Gasteiger partial charge in [0.2, 0.25) is 0 Å². The summed E-state index contributed by atoms with van der Waals surface area (Å²) in [5.41, 5.74) is 3.38. The Kier molecular flexibility index (Phi) is 4.70. The SMILES string of the molecule is CC(C)c1cc(C(=O)N[C@@H](c2ccccc2)c2ccnn2C)n(C)n1. The lowest BCUT2D eigenvalue weighted by Gasteiger charge is -2.19. The summed E-state index contributed by atoms with van der Waals surface area (Å²) in [5, 5.41) is 11.8. The fraction of sp³-hybridized carbons (Fsp3) is 0.316. The van der Waals surface area contributed by atoms with Gasteiger partial charge in [-0.3, -0.25) is 14.2 Å². The van der Waals surface area contributed by atoms with Crippen LogP contribution in [0.3, 0.4) is 0 Å². The number of nitrogens with one attached hydrogen (secondary N) is 1. The van der Waals surface area contributed by atoms with Gasteiger partial charge in [0.15, 0.2) is 0 Å². The molecule has 25 heavy (non-hydrogen) atoms. The first-order valence-corrected chi connectivity index (χ1v) is 8.35. The molecule has 0 fully saturated rings. The summed E-state index contributed by atoms with van der Waals surface area (Å²) < 4.78 is 3.41. The van der Waals surface area contributed by atoms with Crippen molar-refractivity contribution in [2.75, 3.05) is 0 Å². The molecule has 0 saturated carbocycles. The number of rotatable bonds is 5. The van der Waals surface area contributed by atoms with Crippen LogP contribution in [-0.4, -0.2) is 25.5 Å². The molecule has 0 aliphatic heterocycles. The number of nitrogens with zero attached hydrogens (tertiary/aromatic N) is 4. The van der Waals surface area contributed by atoms with Gasteiger partial charge in [0.25, 0.3) is 5.91 Å². The van der Waals surface area contributed by atoms with Gasteiger partial charge in [-0.1, -0.05) is 44.2 Å². The molecule has 0 aliphatic rings. The van der Waals surface area contributed by atoms with Crippen LogP contribution in [-0.2, 0) is 14.1 Å². The highest BCUT2D eigenvalue weighted by molar-refractivity contribution is 5.93. The summed E-state index contributed by atoms with van der Waals surface area (Å²) in [6, 6.07) is 13.4. The van der Waals surface area contributed by atoms with E-state index < -0.39 is 0 Å². The Labute approximate surface area is 147 Å². The molecule has 1 aromatic carbocycles. The molecule has 0 bridgehead atoms. The Balaban J connectivity index is 1.93. The fourth-order valence-corrected chi connectivity index (χ4v) is 2.83. The van der Waals surface area contributed by atoms with E-state index in [0.29, 0.717) is 5.69 Å². The third-order valence-corrected chi connectivity index (χ3v) is 4.29. The largest absolute Gasteiger partial charge is 0.338 e. The standard InChI is InChI=1S/C19H23N5O/c1-13(2)15-12-17(24(4)22-15)19(25)21-18(14-8-6-5-7-9-14)16-10-11-20-23(16)3/h5-13,18H,1-4H3,(H,21,25)/t18-/m0/s1. The van der Waals surface area contributed by atoms with E-state index in [9.17, 15) is 4.79 Å². The van der Waals surface area contributed by atoms with Crippen LogP contribution >= 0.6 is 0 Å². The molecule has 6 heteroatoms. The van der Waals surface area contributed by atoms with Gasteiger partial charge in [-0.05, 0) is 23.6 Å². The second-order valence-electron chi connectivity index (χ2n) is 6.43. The average molecular weight is 337 g/mol. The summed E-state index contributed by atoms with van der Waals surface area (Å²) in [6.07, 6.45) is 1.73. The topological polar surface area (TPSA) is 64.7 Å². The zero-order chi connectivity index (χ0) is 18.0. The average Bonchev–Trinajstić information content (AvgIpc) is 3.19. The van der Waals surface area contributed by atoms with Gasteiger partial charge in [-0.2, -0.15) is 10.2 Å². The lowest BCUT2D eigenvalue weighted by Crippen LogP contribution is -2.32. The second kappa shape index (κ2) is 6.93. The van der Waals surface area contributed by atoms with Crippen LogP contribution in [0.25, 0.3) is 0 Å². The van der Waals surface area contributed by atoms with Crippen LogP contribution in [0, 0.1) is 0 Å². The minimum atomic E-state index is -0.279. The van der Waals surface area contributed by atoms with Gasteiger partial charge >= 0.3 is 0 Å². The predicted octanol–water partition coefficient (Wildman–Crippen LogP) is 2.80. The van der Waals surface area contributed by atoms with E-state index in [-0.39, 0.29) is 17.9 Å². The first-order chi connectivity index (χ1) is 12.0. The summed E-state index contributed by atoms with van der Waals surface area (Å²) in [4.78, 5) is 12.9. The molecule has 1 N–H and O–H groups in total. The lowest BCUT2D eigenvalue weighted by molar-refractivity contribution is 0.0932. The maximum Gasteiger partial charge on any atom is 0.270 e. The zero-order valence-corrected chi connectivity index (χ0v) is 15.0. The first-order valence-electron chi connectivity index (χ1n) is 8.35. The number of benzene rings is 1. The van der Waals surface area contributed by atoms with Crippen molar-refractivity contribution in [3.05, 3.63) is 71.3 Å². The van der Waals surface area contributed by atoms with E-state index in [2.05, 4.69) is 29.4 Å². The fourth-order valence-electron chi connectivity index (χ4n) is 2.83. The predicted molar refractivity (Wildman–Crippen MR) is 96.3 cm³/mol. The van der Waals surface area contributed by atoms with Crippen LogP contribution in [0.4, 0.5) is 0 Å². The van der Waals surface area contributed by atoms with Crippen molar-refractivity contribution in [2.24, 2.45) is 14.1 Å². The van der Waals surface area contributed by atoms with Crippen LogP contribution in [0.2, 0.25) is 0 Å². The summed E-state index contributed by atoms with van der Waals surface area (Å²) >= 11 is 0. The number of aryl methyl sites for hydroxylation is 2. The van der Waals surface area contributed by atoms with Crippen molar-refractivity contribution in [1.82, 2.24) is 24.9 Å². The first kappa shape index (κ1) is 17.0. The van der Waals surface area contributed by atoms with Crippen molar-refractivity contribution < 1.29 is 4.79 Å². The third-order valence-electron chi connectivity index (χ3n) is 4.29. The van der Waals surface area contributed by atoms with Crippen molar-refractivity contribution in [3.63, 3.8) is 0 Å². The maximum atomic E-state index is 12.9. The Morgan fingerprint density at radius 2 is 1.80 bits per heavy atom. The van der Waals surface area contributed by atoms with Crippen LogP contribution < -0.4 is 5.32 Å². The van der Waals surface area contributed by atoms with Gasteiger partial charge in [-0.25, -0.2) is 0 Å². The molecular weight excluding hydrogens is 314 g/mol. The van der Waals surface area contributed by atoms with Crippen molar-refractivity contribution >= 4 is 5.91 Å². The maximum absolute atomic E-state index is 12.9. The van der Waals surface area contributed by atoms with E-state index in [1.165, 1.54) is 0 Å². The van der Waals surface area contributed by atoms with E-state index >= 15 is 0 Å². The monoisotopic (exact) mass is 337 g/mol. The molecule has 0 unspecified atom stereocenters. The van der Waals surface area contributed by atoms with Crippen LogP contribution in [0.15, 0.2) is 48.7 Å². The molecule has 3 rings (SSSR count). The molecule has 0 aliphatic carbocycles. The van der Waals surface area contributed by atoms with Crippen molar-refractivity contribution in [3.8, 4) is 0 Å². The summed E-state index contributed by atoms with van der Waals surface area (Å²) in [5.74, 6) is 0.117. The number of hydrogen-bond donors (Lipinski definition) is 1. The van der Waals surface area contributed by atoms with E-state index in [4.69, 9.17) is 0 Å². The van der Waals surface area contributed by atoms with Gasteiger partial charge in [0.1, 0.15) is 5.69 Å². The number of hydrogen-bond acceptors (Lipinski definition) is 3. The van der Waals surface area contributed by atoms with E-state index in [1.807, 2.05) is 49.5 Å². The quantitative estimate of drug-likeness (QED) is 0.778. The number of amides is 1. The number of carbonyl (C=O) groups excluding carboxylic acids is 1. The Bertz CT molecular complexity index is 863. The molecule has 2 heterocycles. The minimum absolute atomic E-state index is 0.156. The Hall–Kier alpha value is -2.89. The molecule has 0 spiro atoms. The van der Waals surface area contributed by atoms with Crippen LogP contribution in [0.5, 0.6) is 0 Å². The van der Waals surface area contributed by atoms with Gasteiger partial charge in [-0.15, -0.1) is 0 Å². The molecule has 3 aromatic rings. The second-order valence-corrected chi connectivity index (χ2v) is 6.43. The molecule has 6 nitrogen and oxygen atoms in total. The molecule has 1 amide bonds. The Morgan fingerprint density at radius 1 is 1.08 bits per heavy atom. The minimum Gasteiger partial charge on any atom is -0.338 e. The van der Waals surface area contributed by atoms with Crippen molar-refractivity contribution in [2.45, 2.75) is 25.8 Å². The molecule has 130 valence electrons. The number of carbonyl (C=O) groups is 1. The smallest absolute Gasteiger partial charge is 0.270 e. The summed E-state index contributed by atoms with van der Waals surface area (Å²) in [6.45, 7) is 4.12. The normalized spacial score (nSPS) is 12.4. The molecule has 2 aromatic heterocycles. The third kappa shape index (κ3) is 3.47. The van der Waals surface area contributed by atoms with Gasteiger partial charge < -0.3 is 5.32 Å². The molecular formula is C19H23N5O. The van der Waals surface area contributed by atoms with E-state index in [1.54, 1.807) is 22.6 Å². The lowest BCUT2D eigenvalue weighted by atomic mass is 10.0. The highest BCUT2D eigenvalue weighted by atomic mass is 16.2. The van der Waals surface area contributed by atoms with Crippen LogP contribution in [0.1, 0.15) is 53.2 Å². The highest BCUT2D eigenvalue weighted by Crippen LogP contribution is 2.22. The summed E-state index contributed by atoms with van der Waals surface area (Å²) in [7, 11) is 3.67. The Morgan fingerprint density at radius 3 is 2.36 bits per heavy atom. The van der Waals surface area contributed by atoms with E-state index in [0.717, 1.165) is 17.0 Å². The van der Waals surface area contributed by atoms with Gasteiger partial charge in [0, 0.05) is 20.3 Å². The van der Waals surface area contributed by atoms with Gasteiger partial charge in [0.05, 0.1) is 17.4 Å². The van der Waals surface area contributed by atoms with Crippen molar-refractivity contribution in [1.29, 1.82) is 0 Å². The molecule has 0 radical (unpaired) electrons. The zero-order valence-electron chi connectivity index (χ0n) is 15.0. The molecule has 0 saturated heterocycles. The number of aromatic nitrogens is 4.